The lowest BCUT2D eigenvalue weighted by Crippen LogP contribution is -2.41. The SMILES string of the molecule is Cc1cc(C2=NOC(c3cc(C(F)(F)F)cc(Cl)c3F)C2)ccc1C(=O)N[C@@H]1CCN(CC#N)C1=O. The molecule has 2 aliphatic rings. The van der Waals surface area contributed by atoms with Gasteiger partial charge < -0.3 is 15.1 Å². The van der Waals surface area contributed by atoms with Gasteiger partial charge in [-0.3, -0.25) is 9.59 Å². The first-order chi connectivity index (χ1) is 17.0. The Morgan fingerprint density at radius 1 is 1.33 bits per heavy atom. The van der Waals surface area contributed by atoms with E-state index in [2.05, 4.69) is 10.5 Å². The average molecular weight is 523 g/mol. The summed E-state index contributed by atoms with van der Waals surface area (Å²) in [6.07, 6.45) is -5.42. The number of hydrogen-bond acceptors (Lipinski definition) is 5. The molecule has 2 heterocycles. The molecule has 2 aromatic carbocycles. The minimum Gasteiger partial charge on any atom is -0.387 e. The smallest absolute Gasteiger partial charge is 0.387 e. The van der Waals surface area contributed by atoms with Gasteiger partial charge in [0.1, 0.15) is 18.4 Å². The number of alkyl halides is 3. The highest BCUT2D eigenvalue weighted by Gasteiger charge is 2.36. The van der Waals surface area contributed by atoms with Crippen molar-refractivity contribution in [1.82, 2.24) is 10.2 Å². The van der Waals surface area contributed by atoms with Gasteiger partial charge in [-0.05, 0) is 48.7 Å². The Morgan fingerprint density at radius 3 is 2.75 bits per heavy atom. The molecule has 1 saturated heterocycles. The molecule has 2 aliphatic heterocycles. The first kappa shape index (κ1) is 25.4. The molecule has 36 heavy (non-hydrogen) atoms. The lowest BCUT2D eigenvalue weighted by Gasteiger charge is -2.15. The molecule has 0 radical (unpaired) electrons. The molecule has 2 aromatic rings. The van der Waals surface area contributed by atoms with E-state index in [0.29, 0.717) is 47.5 Å². The van der Waals surface area contributed by atoms with Crippen LogP contribution in [0, 0.1) is 24.1 Å². The lowest BCUT2D eigenvalue weighted by atomic mass is 9.96. The van der Waals surface area contributed by atoms with E-state index in [0.717, 1.165) is 0 Å². The second kappa shape index (κ2) is 9.78. The number of carbonyl (C=O) groups excluding carboxylic acids is 2. The Kier molecular flexibility index (Phi) is 6.91. The van der Waals surface area contributed by atoms with Crippen LogP contribution in [0.5, 0.6) is 0 Å². The molecular formula is C24H19ClF4N4O3. The van der Waals surface area contributed by atoms with Crippen LogP contribution in [0.2, 0.25) is 5.02 Å². The topological polar surface area (TPSA) is 94.8 Å². The van der Waals surface area contributed by atoms with Crippen molar-refractivity contribution in [3.05, 3.63) is 69.0 Å². The molecule has 1 unspecified atom stereocenters. The van der Waals surface area contributed by atoms with Crippen molar-refractivity contribution in [2.75, 3.05) is 13.1 Å². The first-order valence-electron chi connectivity index (χ1n) is 10.9. The van der Waals surface area contributed by atoms with Crippen molar-refractivity contribution in [1.29, 1.82) is 5.26 Å². The van der Waals surface area contributed by atoms with Crippen LogP contribution in [0.3, 0.4) is 0 Å². The maximum atomic E-state index is 14.5. The van der Waals surface area contributed by atoms with E-state index < -0.39 is 40.6 Å². The van der Waals surface area contributed by atoms with Crippen molar-refractivity contribution in [3.63, 3.8) is 0 Å². The van der Waals surface area contributed by atoms with E-state index in [4.69, 9.17) is 21.7 Å². The highest BCUT2D eigenvalue weighted by atomic mass is 35.5. The Labute approximate surface area is 208 Å². The van der Waals surface area contributed by atoms with E-state index in [1.165, 1.54) is 11.0 Å². The predicted molar refractivity (Wildman–Crippen MR) is 121 cm³/mol. The summed E-state index contributed by atoms with van der Waals surface area (Å²) in [4.78, 5) is 31.6. The maximum Gasteiger partial charge on any atom is 0.416 e. The third kappa shape index (κ3) is 4.99. The monoisotopic (exact) mass is 522 g/mol. The summed E-state index contributed by atoms with van der Waals surface area (Å²) in [6.45, 7) is 2.02. The van der Waals surface area contributed by atoms with Crippen molar-refractivity contribution >= 4 is 29.1 Å². The summed E-state index contributed by atoms with van der Waals surface area (Å²) in [6, 6.07) is 7.13. The number of aryl methyl sites for hydroxylation is 1. The Hall–Kier alpha value is -3.65. The molecule has 4 rings (SSSR count). The fourth-order valence-corrected chi connectivity index (χ4v) is 4.40. The van der Waals surface area contributed by atoms with Crippen LogP contribution in [0.1, 0.15) is 51.6 Å². The summed E-state index contributed by atoms with van der Waals surface area (Å²) >= 11 is 5.67. The van der Waals surface area contributed by atoms with E-state index >= 15 is 0 Å². The van der Waals surface area contributed by atoms with Gasteiger partial charge in [0.2, 0.25) is 5.91 Å². The second-order valence-corrected chi connectivity index (χ2v) is 8.86. The maximum absolute atomic E-state index is 14.5. The van der Waals surface area contributed by atoms with Crippen LogP contribution < -0.4 is 5.32 Å². The van der Waals surface area contributed by atoms with Crippen molar-refractivity contribution in [2.24, 2.45) is 5.16 Å². The summed E-state index contributed by atoms with van der Waals surface area (Å²) in [5.41, 5.74) is 0.334. The van der Waals surface area contributed by atoms with E-state index in [1.807, 2.05) is 6.07 Å². The molecule has 1 fully saturated rings. The van der Waals surface area contributed by atoms with Crippen LogP contribution in [0.25, 0.3) is 0 Å². The Bertz CT molecular complexity index is 1310. The quantitative estimate of drug-likeness (QED) is 0.461. The standard InChI is InChI=1S/C24H19ClF4N4O3/c1-12-8-13(2-3-15(12)22(34)31-18-4-6-33(7-5-30)23(18)35)19-11-20(36-32-19)16-9-14(24(27,28)29)10-17(25)21(16)26/h2-3,8-10,18,20H,4,6-7,11H2,1H3,(H,31,34)/t18-,20?/m1/s1. The highest BCUT2D eigenvalue weighted by molar-refractivity contribution is 6.30. The number of halogens is 5. The van der Waals surface area contributed by atoms with Crippen molar-refractivity contribution in [3.8, 4) is 6.07 Å². The van der Waals surface area contributed by atoms with Gasteiger partial charge in [0.25, 0.3) is 5.91 Å². The van der Waals surface area contributed by atoms with E-state index in [-0.39, 0.29) is 24.4 Å². The van der Waals surface area contributed by atoms with Gasteiger partial charge in [-0.25, -0.2) is 4.39 Å². The number of nitriles is 1. The fourth-order valence-electron chi connectivity index (χ4n) is 4.17. The summed E-state index contributed by atoms with van der Waals surface area (Å²) in [7, 11) is 0. The van der Waals surface area contributed by atoms with Crippen molar-refractivity contribution < 1.29 is 32.0 Å². The highest BCUT2D eigenvalue weighted by Crippen LogP contribution is 2.39. The molecule has 0 spiro atoms. The van der Waals surface area contributed by atoms with E-state index in [9.17, 15) is 27.2 Å². The zero-order valence-corrected chi connectivity index (χ0v) is 19.6. The number of amides is 2. The van der Waals surface area contributed by atoms with Crippen LogP contribution in [0.4, 0.5) is 17.6 Å². The summed E-state index contributed by atoms with van der Waals surface area (Å²) in [5, 5.41) is 14.7. The zero-order chi connectivity index (χ0) is 26.2. The first-order valence-corrected chi connectivity index (χ1v) is 11.2. The average Bonchev–Trinajstić information content (AvgIpc) is 3.43. The Morgan fingerprint density at radius 2 is 2.08 bits per heavy atom. The van der Waals surface area contributed by atoms with Gasteiger partial charge in [0.05, 0.1) is 22.4 Å². The third-order valence-electron chi connectivity index (χ3n) is 6.07. The number of nitrogens with one attached hydrogen (secondary N) is 1. The van der Waals surface area contributed by atoms with Crippen LogP contribution in [-0.4, -0.2) is 41.6 Å². The normalized spacial score (nSPS) is 19.6. The Balaban J connectivity index is 1.47. The number of nitrogens with zero attached hydrogens (tertiary/aromatic N) is 3. The molecule has 0 bridgehead atoms. The zero-order valence-electron chi connectivity index (χ0n) is 18.8. The predicted octanol–water partition coefficient (Wildman–Crippen LogP) is 4.53. The number of rotatable bonds is 5. The summed E-state index contributed by atoms with van der Waals surface area (Å²) in [5.74, 6) is -1.78. The number of hydrogen-bond donors (Lipinski definition) is 1. The van der Waals surface area contributed by atoms with Crippen LogP contribution >= 0.6 is 11.6 Å². The van der Waals surface area contributed by atoms with Gasteiger partial charge in [-0.1, -0.05) is 22.8 Å². The molecule has 0 saturated carbocycles. The number of benzene rings is 2. The third-order valence-corrected chi connectivity index (χ3v) is 6.34. The van der Waals surface area contributed by atoms with Gasteiger partial charge in [-0.15, -0.1) is 0 Å². The molecule has 188 valence electrons. The molecule has 0 aromatic heterocycles. The number of carbonyl (C=O) groups is 2. The molecule has 12 heteroatoms. The minimum absolute atomic E-state index is 0.00908. The van der Waals surface area contributed by atoms with Gasteiger partial charge in [-0.2, -0.15) is 18.4 Å². The van der Waals surface area contributed by atoms with Gasteiger partial charge in [0, 0.05) is 24.1 Å². The lowest BCUT2D eigenvalue weighted by molar-refractivity contribution is -0.137. The van der Waals surface area contributed by atoms with E-state index in [1.54, 1.807) is 19.1 Å². The number of oxime groups is 1. The van der Waals surface area contributed by atoms with Crippen molar-refractivity contribution in [2.45, 2.75) is 38.1 Å². The van der Waals surface area contributed by atoms with Gasteiger partial charge >= 0.3 is 6.18 Å². The summed E-state index contributed by atoms with van der Waals surface area (Å²) < 4.78 is 53.9. The van der Waals surface area contributed by atoms with Gasteiger partial charge in [0.15, 0.2) is 6.10 Å². The second-order valence-electron chi connectivity index (χ2n) is 8.46. The molecule has 2 atom stereocenters. The molecule has 0 aliphatic carbocycles. The largest absolute Gasteiger partial charge is 0.416 e. The van der Waals surface area contributed by atoms with Crippen LogP contribution in [-0.2, 0) is 15.8 Å². The van der Waals surface area contributed by atoms with Crippen LogP contribution in [0.15, 0.2) is 35.5 Å². The minimum atomic E-state index is -4.71. The molecular weight excluding hydrogens is 504 g/mol. The molecule has 7 nitrogen and oxygen atoms in total. The molecule has 1 N–H and O–H groups in total. The fraction of sp³-hybridized carbons (Fsp3) is 0.333. The molecule has 2 amide bonds. The number of likely N-dealkylation sites (tertiary alicyclic amines) is 1.